The highest BCUT2D eigenvalue weighted by Crippen LogP contribution is 2.31. The van der Waals surface area contributed by atoms with Crippen LogP contribution in [-0.2, 0) is 6.42 Å². The van der Waals surface area contributed by atoms with E-state index in [-0.39, 0.29) is 0 Å². The molecule has 0 aliphatic heterocycles. The van der Waals surface area contributed by atoms with Gasteiger partial charge in [-0.1, -0.05) is 25.2 Å². The molecule has 2 aromatic rings. The summed E-state index contributed by atoms with van der Waals surface area (Å²) in [7, 11) is 0. The first-order chi connectivity index (χ1) is 8.66. The lowest BCUT2D eigenvalue weighted by Crippen LogP contribution is -2.23. The van der Waals surface area contributed by atoms with Gasteiger partial charge in [0.1, 0.15) is 5.01 Å². The van der Waals surface area contributed by atoms with Crippen LogP contribution in [0.4, 0.5) is 0 Å². The molecular formula is C12H16BrN3OS. The minimum atomic E-state index is 0.539. The Morgan fingerprint density at radius 3 is 2.94 bits per heavy atom. The van der Waals surface area contributed by atoms with E-state index in [1.165, 1.54) is 0 Å². The van der Waals surface area contributed by atoms with Crippen LogP contribution in [0.25, 0.3) is 10.6 Å². The molecule has 0 unspecified atom stereocenters. The van der Waals surface area contributed by atoms with Crippen LogP contribution in [0.2, 0.25) is 0 Å². The molecule has 1 N–H and O–H groups in total. The number of nitrogens with zero attached hydrogens (tertiary/aromatic N) is 2. The molecule has 0 aliphatic carbocycles. The van der Waals surface area contributed by atoms with E-state index in [0.717, 1.165) is 35.0 Å². The van der Waals surface area contributed by atoms with E-state index < -0.39 is 0 Å². The Morgan fingerprint density at radius 2 is 2.28 bits per heavy atom. The summed E-state index contributed by atoms with van der Waals surface area (Å²) in [5.74, 6) is 0. The lowest BCUT2D eigenvalue weighted by molar-refractivity contribution is 0.542. The molecule has 0 fully saturated rings. The van der Waals surface area contributed by atoms with E-state index in [1.807, 2.05) is 6.07 Å². The van der Waals surface area contributed by atoms with E-state index in [9.17, 15) is 0 Å². The van der Waals surface area contributed by atoms with Crippen LogP contribution in [0.15, 0.2) is 21.4 Å². The van der Waals surface area contributed by atoms with Crippen molar-refractivity contribution >= 4 is 27.3 Å². The molecule has 0 aromatic carbocycles. The van der Waals surface area contributed by atoms with Gasteiger partial charge in [0, 0.05) is 12.5 Å². The number of furan rings is 1. The zero-order valence-electron chi connectivity index (χ0n) is 10.4. The molecule has 4 nitrogen and oxygen atoms in total. The van der Waals surface area contributed by atoms with Gasteiger partial charge in [-0.2, -0.15) is 0 Å². The average molecular weight is 330 g/mol. The largest absolute Gasteiger partial charge is 0.457 e. The number of aromatic nitrogens is 2. The van der Waals surface area contributed by atoms with Crippen LogP contribution in [0.5, 0.6) is 0 Å². The molecule has 0 amide bonds. The van der Waals surface area contributed by atoms with E-state index in [2.05, 4.69) is 45.3 Å². The first-order valence-corrected chi connectivity index (χ1v) is 7.57. The number of halogens is 1. The molecule has 2 aromatic heterocycles. The smallest absolute Gasteiger partial charge is 0.179 e. The van der Waals surface area contributed by atoms with Gasteiger partial charge in [-0.05, 0) is 35.0 Å². The van der Waals surface area contributed by atoms with Crippen LogP contribution in [0, 0.1) is 0 Å². The topological polar surface area (TPSA) is 51.0 Å². The molecule has 0 aliphatic rings. The highest BCUT2D eigenvalue weighted by atomic mass is 79.9. The molecule has 0 spiro atoms. The molecule has 0 bridgehead atoms. The molecule has 0 saturated heterocycles. The monoisotopic (exact) mass is 329 g/mol. The van der Waals surface area contributed by atoms with Crippen LogP contribution >= 0.6 is 27.3 Å². The summed E-state index contributed by atoms with van der Waals surface area (Å²) in [6, 6.07) is 2.44. The van der Waals surface area contributed by atoms with Gasteiger partial charge < -0.3 is 9.73 Å². The Morgan fingerprint density at radius 1 is 1.44 bits per heavy atom. The van der Waals surface area contributed by atoms with Crippen molar-refractivity contribution in [3.05, 3.63) is 22.0 Å². The van der Waals surface area contributed by atoms with Gasteiger partial charge in [0.25, 0.3) is 0 Å². The molecule has 0 atom stereocenters. The fourth-order valence-electron chi connectivity index (χ4n) is 1.54. The summed E-state index contributed by atoms with van der Waals surface area (Å²) in [5.41, 5.74) is 0.971. The van der Waals surface area contributed by atoms with Crippen molar-refractivity contribution in [3.8, 4) is 10.6 Å². The lowest BCUT2D eigenvalue weighted by atomic mass is 10.3. The second-order valence-corrected chi connectivity index (χ2v) is 6.10. The number of hydrogen-bond donors (Lipinski definition) is 1. The number of aryl methyl sites for hydroxylation is 1. The third-order valence-electron chi connectivity index (χ3n) is 2.44. The standard InChI is InChI=1S/C12H16BrN3OS/c1-8(2)14-6-3-4-10-15-16-12(18-10)9-5-7-17-11(9)13/h5,7-8,14H,3-4,6H2,1-2H3. The summed E-state index contributed by atoms with van der Waals surface area (Å²) >= 11 is 4.98. The van der Waals surface area contributed by atoms with Gasteiger partial charge in [0.15, 0.2) is 9.68 Å². The molecular weight excluding hydrogens is 314 g/mol. The summed E-state index contributed by atoms with van der Waals surface area (Å²) in [5, 5.41) is 13.8. The van der Waals surface area contributed by atoms with Gasteiger partial charge in [0.2, 0.25) is 0 Å². The predicted octanol–water partition coefficient (Wildman–Crippen LogP) is 3.49. The fraction of sp³-hybridized carbons (Fsp3) is 0.500. The zero-order chi connectivity index (χ0) is 13.0. The van der Waals surface area contributed by atoms with Crippen molar-refractivity contribution in [2.45, 2.75) is 32.7 Å². The van der Waals surface area contributed by atoms with Crippen LogP contribution in [0.1, 0.15) is 25.3 Å². The van der Waals surface area contributed by atoms with E-state index >= 15 is 0 Å². The van der Waals surface area contributed by atoms with Crippen LogP contribution < -0.4 is 5.32 Å². The SMILES string of the molecule is CC(C)NCCCc1nnc(-c2ccoc2Br)s1. The van der Waals surface area contributed by atoms with Gasteiger partial charge in [-0.3, -0.25) is 0 Å². The molecule has 98 valence electrons. The highest BCUT2D eigenvalue weighted by Gasteiger charge is 2.11. The number of hydrogen-bond acceptors (Lipinski definition) is 5. The van der Waals surface area contributed by atoms with Crippen molar-refractivity contribution in [1.82, 2.24) is 15.5 Å². The second kappa shape index (κ2) is 6.45. The predicted molar refractivity (Wildman–Crippen MR) is 76.8 cm³/mol. The Labute approximate surface area is 119 Å². The maximum Gasteiger partial charge on any atom is 0.179 e. The first-order valence-electron chi connectivity index (χ1n) is 5.96. The van der Waals surface area contributed by atoms with Crippen molar-refractivity contribution in [2.24, 2.45) is 0 Å². The summed E-state index contributed by atoms with van der Waals surface area (Å²) < 4.78 is 5.91. The minimum absolute atomic E-state index is 0.539. The minimum Gasteiger partial charge on any atom is -0.457 e. The Bertz CT molecular complexity index is 495. The zero-order valence-corrected chi connectivity index (χ0v) is 12.8. The molecule has 2 heterocycles. The third kappa shape index (κ3) is 3.63. The van der Waals surface area contributed by atoms with Crippen LogP contribution in [0.3, 0.4) is 0 Å². The van der Waals surface area contributed by atoms with E-state index in [0.29, 0.717) is 10.7 Å². The quantitative estimate of drug-likeness (QED) is 0.824. The normalized spacial score (nSPS) is 11.3. The Kier molecular flexibility index (Phi) is 4.91. The van der Waals surface area contributed by atoms with E-state index in [4.69, 9.17) is 4.42 Å². The van der Waals surface area contributed by atoms with Gasteiger partial charge in [-0.25, -0.2) is 0 Å². The van der Waals surface area contributed by atoms with Gasteiger partial charge in [-0.15, -0.1) is 10.2 Å². The third-order valence-corrected chi connectivity index (χ3v) is 4.07. The maximum absolute atomic E-state index is 5.20. The van der Waals surface area contributed by atoms with Crippen molar-refractivity contribution in [1.29, 1.82) is 0 Å². The number of rotatable bonds is 6. The molecule has 6 heteroatoms. The summed E-state index contributed by atoms with van der Waals surface area (Å²) in [6.45, 7) is 5.32. The average Bonchev–Trinajstić information content (AvgIpc) is 2.92. The van der Waals surface area contributed by atoms with Crippen molar-refractivity contribution in [2.75, 3.05) is 6.54 Å². The molecule has 2 rings (SSSR count). The lowest BCUT2D eigenvalue weighted by Gasteiger charge is -2.05. The summed E-state index contributed by atoms with van der Waals surface area (Å²) in [6.07, 6.45) is 3.69. The molecule has 0 saturated carbocycles. The highest BCUT2D eigenvalue weighted by molar-refractivity contribution is 9.10. The van der Waals surface area contributed by atoms with Crippen LogP contribution in [-0.4, -0.2) is 22.8 Å². The first kappa shape index (κ1) is 13.7. The second-order valence-electron chi connectivity index (χ2n) is 4.32. The van der Waals surface area contributed by atoms with Crippen molar-refractivity contribution in [3.63, 3.8) is 0 Å². The van der Waals surface area contributed by atoms with E-state index in [1.54, 1.807) is 17.6 Å². The maximum atomic E-state index is 5.20. The molecule has 0 radical (unpaired) electrons. The van der Waals surface area contributed by atoms with Gasteiger partial charge in [0.05, 0.1) is 11.8 Å². The van der Waals surface area contributed by atoms with Gasteiger partial charge >= 0.3 is 0 Å². The molecule has 18 heavy (non-hydrogen) atoms. The number of nitrogens with one attached hydrogen (secondary N) is 1. The van der Waals surface area contributed by atoms with Crippen molar-refractivity contribution < 1.29 is 4.42 Å². The summed E-state index contributed by atoms with van der Waals surface area (Å²) in [4.78, 5) is 0. The Balaban J connectivity index is 1.89. The Hall–Kier alpha value is -0.720. The fourth-order valence-corrected chi connectivity index (χ4v) is 3.00.